The first-order chi connectivity index (χ1) is 8.81. The van der Waals surface area contributed by atoms with Gasteiger partial charge in [-0.15, -0.1) is 11.3 Å². The number of thiophene rings is 1. The molecule has 1 aromatic heterocycles. The summed E-state index contributed by atoms with van der Waals surface area (Å²) < 4.78 is 29.1. The van der Waals surface area contributed by atoms with Gasteiger partial charge in [-0.2, -0.15) is 0 Å². The minimum absolute atomic E-state index is 0.286. The maximum Gasteiger partial charge on any atom is 0.272 e. The Hall–Kier alpha value is -0.370. The topological polar surface area (TPSA) is 46.2 Å². The number of anilines is 1. The predicted molar refractivity (Wildman–Crippen MR) is 86.4 cm³/mol. The SMILES string of the molecule is Cc1cc(Br)cc(C)c1NS(=O)(=O)c1sccc1Br. The van der Waals surface area contributed by atoms with E-state index in [9.17, 15) is 8.42 Å². The fourth-order valence-electron chi connectivity index (χ4n) is 1.72. The van der Waals surface area contributed by atoms with Crippen LogP contribution in [0, 0.1) is 13.8 Å². The standard InChI is InChI=1S/C12H11Br2NO2S2/c1-7-5-9(13)6-8(2)11(7)15-19(16,17)12-10(14)3-4-18-12/h3-6,15H,1-2H3. The Labute approximate surface area is 133 Å². The van der Waals surface area contributed by atoms with Crippen molar-refractivity contribution in [3.8, 4) is 0 Å². The molecule has 2 aromatic rings. The Bertz CT molecular complexity index is 700. The zero-order valence-corrected chi connectivity index (χ0v) is 15.0. The quantitative estimate of drug-likeness (QED) is 0.776. The Morgan fingerprint density at radius 3 is 2.21 bits per heavy atom. The Kier molecular flexibility index (Phi) is 4.39. The van der Waals surface area contributed by atoms with E-state index in [0.717, 1.165) is 15.6 Å². The summed E-state index contributed by atoms with van der Waals surface area (Å²) in [5.41, 5.74) is 2.38. The van der Waals surface area contributed by atoms with Gasteiger partial charge in [0, 0.05) is 8.95 Å². The van der Waals surface area contributed by atoms with Gasteiger partial charge in [0.1, 0.15) is 0 Å². The molecule has 0 saturated carbocycles. The molecule has 7 heteroatoms. The van der Waals surface area contributed by atoms with E-state index < -0.39 is 10.0 Å². The summed E-state index contributed by atoms with van der Waals surface area (Å²) in [6.45, 7) is 3.75. The Balaban J connectivity index is 2.45. The lowest BCUT2D eigenvalue weighted by Gasteiger charge is -2.13. The number of halogens is 2. The highest BCUT2D eigenvalue weighted by atomic mass is 79.9. The van der Waals surface area contributed by atoms with Crippen molar-refractivity contribution in [3.05, 3.63) is 43.7 Å². The van der Waals surface area contributed by atoms with Crippen molar-refractivity contribution in [3.63, 3.8) is 0 Å². The zero-order chi connectivity index (χ0) is 14.2. The number of hydrogen-bond acceptors (Lipinski definition) is 3. The van der Waals surface area contributed by atoms with Gasteiger partial charge >= 0.3 is 0 Å². The van der Waals surface area contributed by atoms with E-state index in [1.54, 1.807) is 11.4 Å². The molecule has 0 bridgehead atoms. The van der Waals surface area contributed by atoms with Crippen molar-refractivity contribution in [2.24, 2.45) is 0 Å². The van der Waals surface area contributed by atoms with Gasteiger partial charge in [0.05, 0.1) is 5.69 Å². The molecular formula is C12H11Br2NO2S2. The summed E-state index contributed by atoms with van der Waals surface area (Å²) in [5.74, 6) is 0. The van der Waals surface area contributed by atoms with E-state index in [0.29, 0.717) is 10.2 Å². The van der Waals surface area contributed by atoms with Crippen molar-refractivity contribution in [1.29, 1.82) is 0 Å². The van der Waals surface area contributed by atoms with Crippen LogP contribution in [0.3, 0.4) is 0 Å². The van der Waals surface area contributed by atoms with Crippen molar-refractivity contribution < 1.29 is 8.42 Å². The van der Waals surface area contributed by atoms with Crippen LogP contribution in [0.5, 0.6) is 0 Å². The minimum Gasteiger partial charge on any atom is -0.278 e. The van der Waals surface area contributed by atoms with Gasteiger partial charge in [0.25, 0.3) is 10.0 Å². The molecule has 0 radical (unpaired) electrons. The molecule has 2 rings (SSSR count). The van der Waals surface area contributed by atoms with Gasteiger partial charge in [-0.25, -0.2) is 8.42 Å². The number of rotatable bonds is 3. The highest BCUT2D eigenvalue weighted by Crippen LogP contribution is 2.32. The van der Waals surface area contributed by atoms with Crippen LogP contribution in [0.1, 0.15) is 11.1 Å². The second kappa shape index (κ2) is 5.55. The van der Waals surface area contributed by atoms with Gasteiger partial charge in [-0.3, -0.25) is 4.72 Å². The van der Waals surface area contributed by atoms with Gasteiger partial charge < -0.3 is 0 Å². The van der Waals surface area contributed by atoms with E-state index in [-0.39, 0.29) is 4.21 Å². The largest absolute Gasteiger partial charge is 0.278 e. The molecule has 0 atom stereocenters. The van der Waals surface area contributed by atoms with Crippen LogP contribution < -0.4 is 4.72 Å². The fourth-order valence-corrected chi connectivity index (χ4v) is 5.95. The smallest absolute Gasteiger partial charge is 0.272 e. The van der Waals surface area contributed by atoms with Crippen LogP contribution in [0.25, 0.3) is 0 Å². The maximum atomic E-state index is 12.3. The molecule has 1 N–H and O–H groups in total. The summed E-state index contributed by atoms with van der Waals surface area (Å²) in [7, 11) is -3.55. The molecule has 1 aromatic carbocycles. The molecule has 0 fully saturated rings. The van der Waals surface area contributed by atoms with Crippen molar-refractivity contribution in [1.82, 2.24) is 0 Å². The molecule has 3 nitrogen and oxygen atoms in total. The first-order valence-electron chi connectivity index (χ1n) is 5.34. The van der Waals surface area contributed by atoms with Crippen LogP contribution in [0.2, 0.25) is 0 Å². The van der Waals surface area contributed by atoms with E-state index >= 15 is 0 Å². The summed E-state index contributed by atoms with van der Waals surface area (Å²) in [6.07, 6.45) is 0. The summed E-state index contributed by atoms with van der Waals surface area (Å²) in [4.78, 5) is 0. The minimum atomic E-state index is -3.55. The number of sulfonamides is 1. The van der Waals surface area contributed by atoms with E-state index in [4.69, 9.17) is 0 Å². The molecule has 0 saturated heterocycles. The highest BCUT2D eigenvalue weighted by molar-refractivity contribution is 9.10. The maximum absolute atomic E-state index is 12.3. The second-order valence-electron chi connectivity index (χ2n) is 4.08. The number of hydrogen-bond donors (Lipinski definition) is 1. The molecule has 0 aliphatic rings. The molecule has 0 unspecified atom stereocenters. The highest BCUT2D eigenvalue weighted by Gasteiger charge is 2.21. The van der Waals surface area contributed by atoms with Crippen LogP contribution in [-0.4, -0.2) is 8.42 Å². The molecule has 102 valence electrons. The van der Waals surface area contributed by atoms with Crippen molar-refractivity contribution >= 4 is 58.9 Å². The number of nitrogens with one attached hydrogen (secondary N) is 1. The van der Waals surface area contributed by atoms with Crippen LogP contribution in [0.4, 0.5) is 5.69 Å². The fraction of sp³-hybridized carbons (Fsp3) is 0.167. The zero-order valence-electron chi connectivity index (χ0n) is 10.2. The lowest BCUT2D eigenvalue weighted by atomic mass is 10.1. The second-order valence-corrected chi connectivity index (χ2v) is 8.64. The molecule has 0 aliphatic heterocycles. The summed E-state index contributed by atoms with van der Waals surface area (Å²) in [5, 5.41) is 1.74. The van der Waals surface area contributed by atoms with Gasteiger partial charge in [0.2, 0.25) is 0 Å². The Morgan fingerprint density at radius 2 is 1.74 bits per heavy atom. The number of aryl methyl sites for hydroxylation is 2. The monoisotopic (exact) mass is 423 g/mol. The van der Waals surface area contributed by atoms with Crippen LogP contribution in [-0.2, 0) is 10.0 Å². The average Bonchev–Trinajstić information content (AvgIpc) is 2.70. The van der Waals surface area contributed by atoms with Crippen molar-refractivity contribution in [2.75, 3.05) is 4.72 Å². The third-order valence-electron chi connectivity index (χ3n) is 2.56. The van der Waals surface area contributed by atoms with Crippen LogP contribution in [0.15, 0.2) is 36.7 Å². The lowest BCUT2D eigenvalue weighted by molar-refractivity contribution is 0.602. The van der Waals surface area contributed by atoms with Crippen LogP contribution >= 0.6 is 43.2 Å². The molecule has 0 spiro atoms. The molecule has 1 heterocycles. The first-order valence-corrected chi connectivity index (χ1v) is 9.28. The normalized spacial score (nSPS) is 11.6. The molecule has 0 amide bonds. The van der Waals surface area contributed by atoms with E-state index in [1.807, 2.05) is 26.0 Å². The van der Waals surface area contributed by atoms with E-state index in [1.165, 1.54) is 11.3 Å². The predicted octanol–water partition coefficient (Wildman–Crippen LogP) is 4.69. The van der Waals surface area contributed by atoms with Gasteiger partial charge in [-0.1, -0.05) is 15.9 Å². The third-order valence-corrected chi connectivity index (χ3v) is 7.04. The molecular weight excluding hydrogens is 414 g/mol. The summed E-state index contributed by atoms with van der Waals surface area (Å²) in [6, 6.07) is 5.49. The molecule has 19 heavy (non-hydrogen) atoms. The lowest BCUT2D eigenvalue weighted by Crippen LogP contribution is -2.14. The molecule has 0 aliphatic carbocycles. The first kappa shape index (κ1) is 15.0. The van der Waals surface area contributed by atoms with E-state index in [2.05, 4.69) is 36.6 Å². The summed E-state index contributed by atoms with van der Waals surface area (Å²) >= 11 is 7.83. The number of benzene rings is 1. The average molecular weight is 425 g/mol. The van der Waals surface area contributed by atoms with Gasteiger partial charge in [0.15, 0.2) is 4.21 Å². The Morgan fingerprint density at radius 1 is 1.16 bits per heavy atom. The third kappa shape index (κ3) is 3.21. The van der Waals surface area contributed by atoms with Crippen molar-refractivity contribution in [2.45, 2.75) is 18.1 Å². The van der Waals surface area contributed by atoms with Gasteiger partial charge in [-0.05, 0) is 64.5 Å².